The molecular formula is C12H20N2O3S2. The molecule has 0 radical (unpaired) electrons. The highest BCUT2D eigenvalue weighted by Gasteiger charge is 2.26. The van der Waals surface area contributed by atoms with Gasteiger partial charge in [-0.15, -0.1) is 11.3 Å². The van der Waals surface area contributed by atoms with Crippen LogP contribution >= 0.6 is 11.3 Å². The fraction of sp³-hybridized carbons (Fsp3) is 0.667. The number of thiophene rings is 1. The third-order valence-electron chi connectivity index (χ3n) is 3.34. The lowest BCUT2D eigenvalue weighted by atomic mass is 10.0. The quantitative estimate of drug-likeness (QED) is 0.828. The topological polar surface area (TPSA) is 67.4 Å². The van der Waals surface area contributed by atoms with Crippen LogP contribution in [0, 0.1) is 5.92 Å². The smallest absolute Gasteiger partial charge is 0.250 e. The Morgan fingerprint density at radius 2 is 2.32 bits per heavy atom. The maximum atomic E-state index is 12.2. The summed E-state index contributed by atoms with van der Waals surface area (Å²) in [5.74, 6) is 0.270. The summed E-state index contributed by atoms with van der Waals surface area (Å²) >= 11 is 1.26. The van der Waals surface area contributed by atoms with Crippen molar-refractivity contribution in [1.29, 1.82) is 0 Å². The van der Waals surface area contributed by atoms with E-state index >= 15 is 0 Å². The van der Waals surface area contributed by atoms with Gasteiger partial charge in [0.15, 0.2) is 0 Å². The molecule has 2 rings (SSSR count). The van der Waals surface area contributed by atoms with Gasteiger partial charge >= 0.3 is 0 Å². The molecule has 1 aromatic heterocycles. The molecule has 2 atom stereocenters. The summed E-state index contributed by atoms with van der Waals surface area (Å²) in [6.07, 6.45) is 1.05. The monoisotopic (exact) mass is 304 g/mol. The number of rotatable bonds is 6. The van der Waals surface area contributed by atoms with Crippen molar-refractivity contribution in [2.45, 2.75) is 30.2 Å². The lowest BCUT2D eigenvalue weighted by Crippen LogP contribution is -2.31. The average molecular weight is 304 g/mol. The van der Waals surface area contributed by atoms with Gasteiger partial charge in [-0.3, -0.25) is 0 Å². The standard InChI is InChI=1S/C12H20N2O3S2/c1-9-11(3-4-17-9)7-14-19(15,16)12-5-10(6-13-2)8-18-12/h5,8-9,11,13-14H,3-4,6-7H2,1-2H3. The van der Waals surface area contributed by atoms with E-state index in [2.05, 4.69) is 10.0 Å². The normalized spacial score (nSPS) is 23.9. The predicted molar refractivity (Wildman–Crippen MR) is 75.8 cm³/mol. The Hall–Kier alpha value is -0.470. The number of nitrogens with one attached hydrogen (secondary N) is 2. The van der Waals surface area contributed by atoms with Crippen LogP contribution in [0.15, 0.2) is 15.7 Å². The SMILES string of the molecule is CNCc1csc(S(=O)(=O)NCC2CCOC2C)c1. The molecule has 2 unspecified atom stereocenters. The van der Waals surface area contributed by atoms with Gasteiger partial charge in [-0.05, 0) is 37.4 Å². The van der Waals surface area contributed by atoms with E-state index in [1.165, 1.54) is 11.3 Å². The van der Waals surface area contributed by atoms with Gasteiger partial charge in [-0.25, -0.2) is 13.1 Å². The number of hydrogen-bond donors (Lipinski definition) is 2. The van der Waals surface area contributed by atoms with Crippen LogP contribution < -0.4 is 10.0 Å². The summed E-state index contributed by atoms with van der Waals surface area (Å²) in [4.78, 5) is 0. The van der Waals surface area contributed by atoms with Gasteiger partial charge in [0.2, 0.25) is 10.0 Å². The van der Waals surface area contributed by atoms with Gasteiger partial charge in [0, 0.05) is 25.6 Å². The summed E-state index contributed by atoms with van der Waals surface area (Å²) < 4.78 is 32.8. The maximum Gasteiger partial charge on any atom is 0.250 e. The van der Waals surface area contributed by atoms with Crippen LogP contribution in [-0.4, -0.2) is 34.7 Å². The molecule has 108 valence electrons. The van der Waals surface area contributed by atoms with Crippen molar-refractivity contribution in [2.75, 3.05) is 20.2 Å². The van der Waals surface area contributed by atoms with Gasteiger partial charge in [0.25, 0.3) is 0 Å². The Bertz CT molecular complexity index is 513. The van der Waals surface area contributed by atoms with Crippen LogP contribution in [0.25, 0.3) is 0 Å². The Labute approximate surface area is 118 Å². The zero-order valence-corrected chi connectivity index (χ0v) is 12.8. The highest BCUT2D eigenvalue weighted by molar-refractivity contribution is 7.91. The van der Waals surface area contributed by atoms with Crippen LogP contribution in [0.1, 0.15) is 18.9 Å². The minimum atomic E-state index is -3.38. The minimum absolute atomic E-state index is 0.130. The molecule has 0 spiro atoms. The van der Waals surface area contributed by atoms with Crippen molar-refractivity contribution in [3.05, 3.63) is 17.0 Å². The third kappa shape index (κ3) is 3.76. The van der Waals surface area contributed by atoms with Crippen LogP contribution in [-0.2, 0) is 21.3 Å². The Morgan fingerprint density at radius 1 is 1.53 bits per heavy atom. The molecule has 19 heavy (non-hydrogen) atoms. The van der Waals surface area contributed by atoms with Gasteiger partial charge < -0.3 is 10.1 Å². The van der Waals surface area contributed by atoms with Crippen molar-refractivity contribution in [3.63, 3.8) is 0 Å². The first-order valence-electron chi connectivity index (χ1n) is 6.36. The van der Waals surface area contributed by atoms with Crippen molar-refractivity contribution in [1.82, 2.24) is 10.0 Å². The summed E-state index contributed by atoms with van der Waals surface area (Å²) in [6.45, 7) is 3.84. The summed E-state index contributed by atoms with van der Waals surface area (Å²) in [5, 5.41) is 4.87. The van der Waals surface area contributed by atoms with Gasteiger partial charge in [0.05, 0.1) is 6.10 Å². The summed E-state index contributed by atoms with van der Waals surface area (Å²) in [7, 11) is -1.54. The molecule has 0 aliphatic carbocycles. The Morgan fingerprint density at radius 3 is 2.95 bits per heavy atom. The van der Waals surface area contributed by atoms with Crippen LogP contribution in [0.2, 0.25) is 0 Å². The first-order chi connectivity index (χ1) is 9.03. The summed E-state index contributed by atoms with van der Waals surface area (Å²) in [6, 6.07) is 1.72. The van der Waals surface area contributed by atoms with E-state index in [9.17, 15) is 8.42 Å². The van der Waals surface area contributed by atoms with E-state index in [4.69, 9.17) is 4.74 Å². The molecule has 1 aliphatic rings. The Kier molecular flexibility index (Phi) is 4.97. The molecule has 2 N–H and O–H groups in total. The molecule has 1 aliphatic heterocycles. The van der Waals surface area contributed by atoms with Gasteiger partial charge in [0.1, 0.15) is 4.21 Å². The second-order valence-electron chi connectivity index (χ2n) is 4.78. The lowest BCUT2D eigenvalue weighted by molar-refractivity contribution is 0.107. The Balaban J connectivity index is 1.97. The largest absolute Gasteiger partial charge is 0.378 e. The first-order valence-corrected chi connectivity index (χ1v) is 8.72. The van der Waals surface area contributed by atoms with Crippen LogP contribution in [0.4, 0.5) is 0 Å². The molecule has 1 saturated heterocycles. The number of sulfonamides is 1. The molecule has 0 bridgehead atoms. The van der Waals surface area contributed by atoms with Crippen molar-refractivity contribution in [2.24, 2.45) is 5.92 Å². The zero-order chi connectivity index (χ0) is 13.9. The fourth-order valence-electron chi connectivity index (χ4n) is 2.12. The summed E-state index contributed by atoms with van der Waals surface area (Å²) in [5.41, 5.74) is 0.991. The highest BCUT2D eigenvalue weighted by Crippen LogP contribution is 2.22. The highest BCUT2D eigenvalue weighted by atomic mass is 32.2. The fourth-order valence-corrected chi connectivity index (χ4v) is 4.47. The van der Waals surface area contributed by atoms with E-state index in [0.717, 1.165) is 18.6 Å². The second kappa shape index (κ2) is 6.32. The van der Waals surface area contributed by atoms with E-state index in [0.29, 0.717) is 17.3 Å². The molecule has 5 nitrogen and oxygen atoms in total. The van der Waals surface area contributed by atoms with Crippen molar-refractivity contribution < 1.29 is 13.2 Å². The first kappa shape index (κ1) is 14.9. The molecule has 0 aromatic carbocycles. The molecular weight excluding hydrogens is 284 g/mol. The van der Waals surface area contributed by atoms with E-state index in [1.54, 1.807) is 6.07 Å². The number of hydrogen-bond acceptors (Lipinski definition) is 5. The molecule has 7 heteroatoms. The molecule has 0 amide bonds. The van der Waals surface area contributed by atoms with Crippen LogP contribution in [0.5, 0.6) is 0 Å². The predicted octanol–water partition coefficient (Wildman–Crippen LogP) is 1.17. The average Bonchev–Trinajstić information content (AvgIpc) is 2.97. The van der Waals surface area contributed by atoms with Gasteiger partial charge in [-0.2, -0.15) is 0 Å². The lowest BCUT2D eigenvalue weighted by Gasteiger charge is -2.14. The van der Waals surface area contributed by atoms with E-state index < -0.39 is 10.0 Å². The molecule has 1 fully saturated rings. The van der Waals surface area contributed by atoms with Crippen LogP contribution in [0.3, 0.4) is 0 Å². The van der Waals surface area contributed by atoms with E-state index in [-0.39, 0.29) is 12.0 Å². The van der Waals surface area contributed by atoms with Crippen molar-refractivity contribution in [3.8, 4) is 0 Å². The van der Waals surface area contributed by atoms with Crippen molar-refractivity contribution >= 4 is 21.4 Å². The molecule has 2 heterocycles. The second-order valence-corrected chi connectivity index (χ2v) is 7.69. The third-order valence-corrected chi connectivity index (χ3v) is 6.26. The molecule has 0 saturated carbocycles. The zero-order valence-electron chi connectivity index (χ0n) is 11.2. The molecule has 1 aromatic rings. The van der Waals surface area contributed by atoms with Gasteiger partial charge in [-0.1, -0.05) is 0 Å². The number of ether oxygens (including phenoxy) is 1. The minimum Gasteiger partial charge on any atom is -0.378 e. The maximum absolute atomic E-state index is 12.2. The van der Waals surface area contributed by atoms with E-state index in [1.807, 2.05) is 19.4 Å².